The number of carbonyl (C=O) groups is 1. The Morgan fingerprint density at radius 2 is 2.00 bits per heavy atom. The van der Waals surface area contributed by atoms with Crippen molar-refractivity contribution in [1.82, 2.24) is 14.9 Å². The maximum atomic E-state index is 13.0. The van der Waals surface area contributed by atoms with Gasteiger partial charge in [0.1, 0.15) is 0 Å². The highest BCUT2D eigenvalue weighted by atomic mass is 35.5. The maximum Gasteiger partial charge on any atom is 0.253 e. The summed E-state index contributed by atoms with van der Waals surface area (Å²) in [7, 11) is 0. The van der Waals surface area contributed by atoms with Gasteiger partial charge in [-0.3, -0.25) is 4.79 Å². The predicted molar refractivity (Wildman–Crippen MR) is 100 cm³/mol. The summed E-state index contributed by atoms with van der Waals surface area (Å²) >= 11 is 6.01. The number of halogens is 1. The van der Waals surface area contributed by atoms with Gasteiger partial charge in [-0.1, -0.05) is 30.2 Å². The molecule has 0 aliphatic carbocycles. The molecule has 1 N–H and O–H groups in total. The number of nitrogens with one attached hydrogen (secondary N) is 1. The van der Waals surface area contributed by atoms with E-state index >= 15 is 0 Å². The highest BCUT2D eigenvalue weighted by Crippen LogP contribution is 2.28. The lowest BCUT2D eigenvalue weighted by Gasteiger charge is -2.25. The molecule has 2 aromatic carbocycles. The molecule has 1 saturated heterocycles. The number of benzene rings is 2. The van der Waals surface area contributed by atoms with Crippen molar-refractivity contribution in [3.8, 4) is 0 Å². The molecule has 1 atom stereocenters. The van der Waals surface area contributed by atoms with Crippen molar-refractivity contribution < 1.29 is 4.79 Å². The van der Waals surface area contributed by atoms with Crippen LogP contribution >= 0.6 is 11.6 Å². The summed E-state index contributed by atoms with van der Waals surface area (Å²) in [5.41, 5.74) is 3.75. The number of aromatic nitrogens is 2. The predicted octanol–water partition coefficient (Wildman–Crippen LogP) is 4.63. The number of hydrogen-bond acceptors (Lipinski definition) is 2. The third-order valence-electron chi connectivity index (χ3n) is 4.97. The Labute approximate surface area is 151 Å². The Kier molecular flexibility index (Phi) is 4.45. The average Bonchev–Trinajstić information content (AvgIpc) is 2.97. The fourth-order valence-electron chi connectivity index (χ4n) is 3.58. The summed E-state index contributed by atoms with van der Waals surface area (Å²) in [6.45, 7) is 1.56. The van der Waals surface area contributed by atoms with Crippen LogP contribution in [0.25, 0.3) is 11.0 Å². The lowest BCUT2D eigenvalue weighted by atomic mass is 9.94. The lowest BCUT2D eigenvalue weighted by Crippen LogP contribution is -2.34. The number of hydrogen-bond donors (Lipinski definition) is 1. The average molecular weight is 354 g/mol. The summed E-state index contributed by atoms with van der Waals surface area (Å²) in [5.74, 6) is 0.456. The number of rotatable bonds is 2. The van der Waals surface area contributed by atoms with E-state index in [9.17, 15) is 4.79 Å². The normalized spacial score (nSPS) is 18.3. The summed E-state index contributed by atoms with van der Waals surface area (Å²) in [6.07, 6.45) is 4.94. The van der Waals surface area contributed by atoms with E-state index in [1.54, 1.807) is 6.33 Å². The molecular weight excluding hydrogens is 334 g/mol. The van der Waals surface area contributed by atoms with Crippen molar-refractivity contribution in [2.24, 2.45) is 0 Å². The van der Waals surface area contributed by atoms with Crippen LogP contribution in [0.15, 0.2) is 48.8 Å². The summed E-state index contributed by atoms with van der Waals surface area (Å²) in [5, 5.41) is 0.748. The SMILES string of the molecule is O=C(c1ccc2nc[nH]c2c1)N1CCCC[C@H](c2ccc(Cl)cc2)C1. The van der Waals surface area contributed by atoms with Crippen molar-refractivity contribution in [1.29, 1.82) is 0 Å². The zero-order valence-corrected chi connectivity index (χ0v) is 14.7. The van der Waals surface area contributed by atoms with E-state index in [2.05, 4.69) is 22.1 Å². The van der Waals surface area contributed by atoms with Crippen LogP contribution in [-0.4, -0.2) is 33.9 Å². The first-order chi connectivity index (χ1) is 12.2. The number of H-pyrrole nitrogens is 1. The van der Waals surface area contributed by atoms with Crippen molar-refractivity contribution in [3.05, 3.63) is 64.9 Å². The monoisotopic (exact) mass is 353 g/mol. The van der Waals surface area contributed by atoms with Gasteiger partial charge in [0.2, 0.25) is 0 Å². The van der Waals surface area contributed by atoms with Crippen molar-refractivity contribution >= 4 is 28.5 Å². The first-order valence-corrected chi connectivity index (χ1v) is 9.06. The van der Waals surface area contributed by atoms with E-state index < -0.39 is 0 Å². The molecular formula is C20H20ClN3O. The van der Waals surface area contributed by atoms with Crippen LogP contribution in [-0.2, 0) is 0 Å². The van der Waals surface area contributed by atoms with E-state index in [0.717, 1.165) is 48.4 Å². The highest BCUT2D eigenvalue weighted by Gasteiger charge is 2.24. The molecule has 25 heavy (non-hydrogen) atoms. The molecule has 2 heterocycles. The molecule has 1 fully saturated rings. The Hall–Kier alpha value is -2.33. The van der Waals surface area contributed by atoms with Gasteiger partial charge in [0.05, 0.1) is 17.4 Å². The van der Waals surface area contributed by atoms with Crippen LogP contribution in [0.2, 0.25) is 5.02 Å². The number of fused-ring (bicyclic) bond motifs is 1. The van der Waals surface area contributed by atoms with E-state index in [0.29, 0.717) is 11.5 Å². The number of imidazole rings is 1. The standard InChI is InChI=1S/C20H20ClN3O/c21-17-7-4-14(5-8-17)16-3-1-2-10-24(12-16)20(25)15-6-9-18-19(11-15)23-13-22-18/h4-9,11,13,16H,1-3,10,12H2,(H,22,23)/t16-/m0/s1. The topological polar surface area (TPSA) is 49.0 Å². The molecule has 0 radical (unpaired) electrons. The second kappa shape index (κ2) is 6.89. The van der Waals surface area contributed by atoms with Crippen molar-refractivity contribution in [2.75, 3.05) is 13.1 Å². The van der Waals surface area contributed by atoms with Crippen LogP contribution in [0.1, 0.15) is 41.1 Å². The third-order valence-corrected chi connectivity index (χ3v) is 5.22. The molecule has 0 bridgehead atoms. The van der Waals surface area contributed by atoms with E-state index in [4.69, 9.17) is 11.6 Å². The fourth-order valence-corrected chi connectivity index (χ4v) is 3.71. The van der Waals surface area contributed by atoms with Gasteiger partial charge in [-0.15, -0.1) is 0 Å². The molecule has 0 unspecified atom stereocenters. The second-order valence-electron chi connectivity index (χ2n) is 6.63. The van der Waals surface area contributed by atoms with Crippen LogP contribution in [0.4, 0.5) is 0 Å². The molecule has 1 aromatic heterocycles. The molecule has 1 aliphatic rings. The lowest BCUT2D eigenvalue weighted by molar-refractivity contribution is 0.0754. The molecule has 0 spiro atoms. The first-order valence-electron chi connectivity index (χ1n) is 8.68. The van der Waals surface area contributed by atoms with E-state index in [1.807, 2.05) is 35.2 Å². The minimum atomic E-state index is 0.0948. The number of aromatic amines is 1. The Morgan fingerprint density at radius 1 is 1.16 bits per heavy atom. The van der Waals surface area contributed by atoms with Gasteiger partial charge in [-0.05, 0) is 48.7 Å². The molecule has 0 saturated carbocycles. The minimum absolute atomic E-state index is 0.0948. The third kappa shape index (κ3) is 3.40. The van der Waals surface area contributed by atoms with E-state index in [-0.39, 0.29) is 5.91 Å². The molecule has 5 heteroatoms. The Balaban J connectivity index is 1.57. The van der Waals surface area contributed by atoms with Gasteiger partial charge < -0.3 is 9.88 Å². The van der Waals surface area contributed by atoms with Gasteiger partial charge in [0, 0.05) is 29.6 Å². The van der Waals surface area contributed by atoms with E-state index in [1.165, 1.54) is 5.56 Å². The quantitative estimate of drug-likeness (QED) is 0.730. The molecule has 3 aromatic rings. The number of carbonyl (C=O) groups excluding carboxylic acids is 1. The maximum absolute atomic E-state index is 13.0. The van der Waals surface area contributed by atoms with Gasteiger partial charge >= 0.3 is 0 Å². The second-order valence-corrected chi connectivity index (χ2v) is 7.07. The van der Waals surface area contributed by atoms with Crippen molar-refractivity contribution in [3.63, 3.8) is 0 Å². The van der Waals surface area contributed by atoms with Crippen LogP contribution < -0.4 is 0 Å². The number of nitrogens with zero attached hydrogens (tertiary/aromatic N) is 2. The zero-order valence-electron chi connectivity index (χ0n) is 13.9. The number of amides is 1. The van der Waals surface area contributed by atoms with Gasteiger partial charge in [0.25, 0.3) is 5.91 Å². The Morgan fingerprint density at radius 3 is 2.84 bits per heavy atom. The molecule has 1 amide bonds. The number of likely N-dealkylation sites (tertiary alicyclic amines) is 1. The Bertz CT molecular complexity index is 887. The zero-order chi connectivity index (χ0) is 17.2. The van der Waals surface area contributed by atoms with Crippen LogP contribution in [0.5, 0.6) is 0 Å². The highest BCUT2D eigenvalue weighted by molar-refractivity contribution is 6.30. The largest absolute Gasteiger partial charge is 0.345 e. The molecule has 4 nitrogen and oxygen atoms in total. The molecule has 128 valence electrons. The summed E-state index contributed by atoms with van der Waals surface area (Å²) in [4.78, 5) is 22.3. The van der Waals surface area contributed by atoms with Gasteiger partial charge in [0.15, 0.2) is 0 Å². The summed E-state index contributed by atoms with van der Waals surface area (Å²) < 4.78 is 0. The summed E-state index contributed by atoms with van der Waals surface area (Å²) in [6, 6.07) is 13.7. The molecule has 1 aliphatic heterocycles. The first kappa shape index (κ1) is 16.2. The van der Waals surface area contributed by atoms with Crippen LogP contribution in [0.3, 0.4) is 0 Å². The van der Waals surface area contributed by atoms with Crippen LogP contribution in [0, 0.1) is 0 Å². The molecule has 4 rings (SSSR count). The minimum Gasteiger partial charge on any atom is -0.345 e. The van der Waals surface area contributed by atoms with Gasteiger partial charge in [-0.2, -0.15) is 0 Å². The van der Waals surface area contributed by atoms with Crippen molar-refractivity contribution in [2.45, 2.75) is 25.2 Å². The van der Waals surface area contributed by atoms with Gasteiger partial charge in [-0.25, -0.2) is 4.98 Å². The fraction of sp³-hybridized carbons (Fsp3) is 0.300. The smallest absolute Gasteiger partial charge is 0.253 e.